The fourth-order valence-electron chi connectivity index (χ4n) is 5.99. The number of hydrogen-bond donors (Lipinski definition) is 0. The molecule has 38 heavy (non-hydrogen) atoms. The Morgan fingerprint density at radius 1 is 0.605 bits per heavy atom. The van der Waals surface area contributed by atoms with Gasteiger partial charge in [-0.2, -0.15) is 0 Å². The number of piperidine rings is 2. The van der Waals surface area contributed by atoms with Crippen molar-refractivity contribution < 1.29 is 19.1 Å². The van der Waals surface area contributed by atoms with Crippen LogP contribution in [-0.4, -0.2) is 73.8 Å². The van der Waals surface area contributed by atoms with E-state index in [4.69, 9.17) is 9.47 Å². The van der Waals surface area contributed by atoms with Crippen LogP contribution in [0.3, 0.4) is 0 Å². The summed E-state index contributed by atoms with van der Waals surface area (Å²) in [4.78, 5) is 32.0. The van der Waals surface area contributed by atoms with Gasteiger partial charge >= 0.3 is 0 Å². The number of Topliss-reactive ketones (excluding diaryl/α,β-unsaturated/α-hetero) is 2. The first-order chi connectivity index (χ1) is 18.6. The second-order valence-electron chi connectivity index (χ2n) is 10.7. The van der Waals surface area contributed by atoms with Crippen LogP contribution >= 0.6 is 0 Å². The first-order valence-electron chi connectivity index (χ1n) is 14.5. The van der Waals surface area contributed by atoms with Crippen molar-refractivity contribution in [2.75, 3.05) is 40.4 Å². The Morgan fingerprint density at radius 3 is 1.26 bits per heavy atom. The average molecular weight is 521 g/mol. The highest BCUT2D eigenvalue weighted by atomic mass is 16.5. The second-order valence-corrected chi connectivity index (χ2v) is 10.7. The molecule has 2 atom stereocenters. The van der Waals surface area contributed by atoms with E-state index < -0.39 is 0 Å². The largest absolute Gasteiger partial charge is 0.497 e. The van der Waals surface area contributed by atoms with E-state index in [1.165, 1.54) is 12.8 Å². The SMILES string of the molecule is COc1ccc(C(=O)C(CCCCC(C(=O)c2ccc(OC)cc2)N2CCCCC2)N2CCCCC2)cc1. The molecular weight excluding hydrogens is 476 g/mol. The molecule has 0 bridgehead atoms. The Balaban J connectivity index is 1.41. The van der Waals surface area contributed by atoms with Crippen LogP contribution in [-0.2, 0) is 0 Å². The van der Waals surface area contributed by atoms with Gasteiger partial charge in [-0.05, 0) is 113 Å². The molecule has 0 aliphatic carbocycles. The van der Waals surface area contributed by atoms with Crippen molar-refractivity contribution in [1.82, 2.24) is 9.80 Å². The number of ether oxygens (including phenoxy) is 2. The molecule has 0 N–H and O–H groups in total. The summed E-state index contributed by atoms with van der Waals surface area (Å²) in [7, 11) is 3.29. The van der Waals surface area contributed by atoms with Crippen LogP contribution in [0.4, 0.5) is 0 Å². The summed E-state index contributed by atoms with van der Waals surface area (Å²) in [6.07, 6.45) is 10.6. The van der Waals surface area contributed by atoms with E-state index in [9.17, 15) is 9.59 Å². The molecule has 2 fully saturated rings. The van der Waals surface area contributed by atoms with Gasteiger partial charge in [0.05, 0.1) is 26.3 Å². The molecule has 2 aliphatic rings. The minimum absolute atomic E-state index is 0.102. The van der Waals surface area contributed by atoms with Crippen molar-refractivity contribution in [2.45, 2.75) is 76.3 Å². The summed E-state index contributed by atoms with van der Waals surface area (Å²) in [5, 5.41) is 0. The molecule has 0 spiro atoms. The zero-order valence-corrected chi connectivity index (χ0v) is 23.2. The molecule has 0 amide bonds. The molecule has 2 aromatic carbocycles. The zero-order valence-electron chi connectivity index (χ0n) is 23.2. The number of ketones is 2. The van der Waals surface area contributed by atoms with Crippen LogP contribution < -0.4 is 9.47 Å². The quantitative estimate of drug-likeness (QED) is 0.237. The summed E-state index contributed by atoms with van der Waals surface area (Å²) >= 11 is 0. The third kappa shape index (κ3) is 7.45. The van der Waals surface area contributed by atoms with Gasteiger partial charge in [0.15, 0.2) is 11.6 Å². The monoisotopic (exact) mass is 520 g/mol. The standard InChI is InChI=1S/C32H44N2O4/c1-37-27-17-13-25(14-18-27)31(35)29(33-21-7-3-8-22-33)11-5-6-12-30(34-23-9-4-10-24-34)32(36)26-15-19-28(38-2)20-16-26/h13-20,29-30H,3-12,21-24H2,1-2H3. The number of unbranched alkanes of at least 4 members (excludes halogenated alkanes) is 1. The maximum atomic E-state index is 13.6. The highest BCUT2D eigenvalue weighted by Gasteiger charge is 2.30. The molecule has 2 heterocycles. The molecule has 2 aromatic rings. The number of carbonyl (C=O) groups is 2. The van der Waals surface area contributed by atoms with Gasteiger partial charge in [-0.15, -0.1) is 0 Å². The van der Waals surface area contributed by atoms with E-state index in [-0.39, 0.29) is 23.7 Å². The van der Waals surface area contributed by atoms with E-state index in [1.807, 2.05) is 48.5 Å². The van der Waals surface area contributed by atoms with Crippen molar-refractivity contribution in [3.05, 3.63) is 59.7 Å². The molecular formula is C32H44N2O4. The molecule has 2 aliphatic heterocycles. The molecule has 0 radical (unpaired) electrons. The van der Waals surface area contributed by atoms with Crippen LogP contribution in [0, 0.1) is 0 Å². The zero-order chi connectivity index (χ0) is 26.7. The average Bonchev–Trinajstić information content (AvgIpc) is 2.99. The smallest absolute Gasteiger partial charge is 0.179 e. The Kier molecular flexibility index (Phi) is 10.8. The highest BCUT2D eigenvalue weighted by molar-refractivity contribution is 6.00. The second kappa shape index (κ2) is 14.5. The number of rotatable bonds is 13. The predicted molar refractivity (Wildman–Crippen MR) is 152 cm³/mol. The van der Waals surface area contributed by atoms with E-state index in [2.05, 4.69) is 9.80 Å². The molecule has 6 heteroatoms. The van der Waals surface area contributed by atoms with Gasteiger partial charge in [-0.1, -0.05) is 25.7 Å². The molecule has 4 rings (SSSR count). The van der Waals surface area contributed by atoms with Crippen LogP contribution in [0.15, 0.2) is 48.5 Å². The fourth-order valence-corrected chi connectivity index (χ4v) is 5.99. The normalized spacial score (nSPS) is 18.5. The van der Waals surface area contributed by atoms with Gasteiger partial charge in [-0.25, -0.2) is 0 Å². The van der Waals surface area contributed by atoms with Crippen LogP contribution in [0.5, 0.6) is 11.5 Å². The number of benzene rings is 2. The minimum atomic E-state index is -0.102. The van der Waals surface area contributed by atoms with Crippen molar-refractivity contribution in [3.8, 4) is 11.5 Å². The summed E-state index contributed by atoms with van der Waals surface area (Å²) in [5.74, 6) is 1.94. The van der Waals surface area contributed by atoms with Crippen molar-refractivity contribution >= 4 is 11.6 Å². The lowest BCUT2D eigenvalue weighted by Crippen LogP contribution is -2.45. The molecule has 0 saturated carbocycles. The Hall–Kier alpha value is -2.70. The maximum Gasteiger partial charge on any atom is 0.179 e. The first-order valence-corrected chi connectivity index (χ1v) is 14.5. The van der Waals surface area contributed by atoms with E-state index >= 15 is 0 Å². The number of nitrogens with zero attached hydrogens (tertiary/aromatic N) is 2. The number of carbonyl (C=O) groups excluding carboxylic acids is 2. The Bertz CT molecular complexity index is 925. The van der Waals surface area contributed by atoms with Gasteiger partial charge in [-0.3, -0.25) is 19.4 Å². The first kappa shape index (κ1) is 28.3. The summed E-state index contributed by atoms with van der Waals surface area (Å²) < 4.78 is 10.6. The lowest BCUT2D eigenvalue weighted by molar-refractivity contribution is 0.0733. The predicted octanol–water partition coefficient (Wildman–Crippen LogP) is 6.04. The van der Waals surface area contributed by atoms with Gasteiger partial charge in [0, 0.05) is 11.1 Å². The summed E-state index contributed by atoms with van der Waals surface area (Å²) in [6, 6.07) is 14.8. The number of likely N-dealkylation sites (tertiary alicyclic amines) is 2. The summed E-state index contributed by atoms with van der Waals surface area (Å²) in [6.45, 7) is 3.94. The number of hydrogen-bond acceptors (Lipinski definition) is 6. The van der Waals surface area contributed by atoms with E-state index in [1.54, 1.807) is 14.2 Å². The van der Waals surface area contributed by atoms with Crippen LogP contribution in [0.25, 0.3) is 0 Å². The topological polar surface area (TPSA) is 59.1 Å². The van der Waals surface area contributed by atoms with Gasteiger partial charge in [0.25, 0.3) is 0 Å². The molecule has 0 aromatic heterocycles. The van der Waals surface area contributed by atoms with E-state index in [0.29, 0.717) is 0 Å². The highest BCUT2D eigenvalue weighted by Crippen LogP contribution is 2.25. The lowest BCUT2D eigenvalue weighted by Gasteiger charge is -2.35. The van der Waals surface area contributed by atoms with Crippen molar-refractivity contribution in [1.29, 1.82) is 0 Å². The lowest BCUT2D eigenvalue weighted by atomic mass is 9.92. The van der Waals surface area contributed by atoms with Gasteiger partial charge in [0.1, 0.15) is 11.5 Å². The third-order valence-electron chi connectivity index (χ3n) is 8.22. The van der Waals surface area contributed by atoms with Crippen LogP contribution in [0.1, 0.15) is 84.9 Å². The fraction of sp³-hybridized carbons (Fsp3) is 0.562. The van der Waals surface area contributed by atoms with Gasteiger partial charge in [0.2, 0.25) is 0 Å². The van der Waals surface area contributed by atoms with Gasteiger partial charge < -0.3 is 9.47 Å². The van der Waals surface area contributed by atoms with Crippen molar-refractivity contribution in [2.24, 2.45) is 0 Å². The Labute approximate surface area is 228 Å². The minimum Gasteiger partial charge on any atom is -0.497 e. The Morgan fingerprint density at radius 2 is 0.947 bits per heavy atom. The molecule has 2 saturated heterocycles. The maximum absolute atomic E-state index is 13.6. The summed E-state index contributed by atoms with van der Waals surface area (Å²) in [5.41, 5.74) is 1.50. The van der Waals surface area contributed by atoms with E-state index in [0.717, 1.165) is 100 Å². The van der Waals surface area contributed by atoms with Crippen molar-refractivity contribution in [3.63, 3.8) is 0 Å². The van der Waals surface area contributed by atoms with Crippen LogP contribution in [0.2, 0.25) is 0 Å². The molecule has 2 unspecified atom stereocenters. The third-order valence-corrected chi connectivity index (χ3v) is 8.22. The molecule has 206 valence electrons. The molecule has 6 nitrogen and oxygen atoms in total. The number of methoxy groups -OCH3 is 2.